The van der Waals surface area contributed by atoms with E-state index in [9.17, 15) is 14.0 Å². The lowest BCUT2D eigenvalue weighted by atomic mass is 10.1. The van der Waals surface area contributed by atoms with E-state index in [1.54, 1.807) is 36.5 Å². The van der Waals surface area contributed by atoms with Crippen molar-refractivity contribution in [2.45, 2.75) is 0 Å². The number of benzene rings is 2. The normalized spacial score (nSPS) is 10.2. The summed E-state index contributed by atoms with van der Waals surface area (Å²) in [6, 6.07) is 13.6. The molecule has 2 aromatic carbocycles. The monoisotopic (exact) mass is 369 g/mol. The van der Waals surface area contributed by atoms with Crippen molar-refractivity contribution < 1.29 is 14.0 Å². The summed E-state index contributed by atoms with van der Waals surface area (Å²) in [7, 11) is 0. The molecule has 7 heteroatoms. The van der Waals surface area contributed by atoms with E-state index in [1.165, 1.54) is 30.5 Å². The summed E-state index contributed by atoms with van der Waals surface area (Å²) in [5, 5.41) is 5.25. The third-order valence-electron chi connectivity index (χ3n) is 3.48. The fourth-order valence-electron chi connectivity index (χ4n) is 2.22. The largest absolute Gasteiger partial charge is 0.322 e. The predicted molar refractivity (Wildman–Crippen MR) is 98.0 cm³/mol. The van der Waals surface area contributed by atoms with Gasteiger partial charge < -0.3 is 10.6 Å². The van der Waals surface area contributed by atoms with Gasteiger partial charge >= 0.3 is 0 Å². The van der Waals surface area contributed by atoms with Crippen LogP contribution in [-0.2, 0) is 0 Å². The van der Waals surface area contributed by atoms with Crippen molar-refractivity contribution in [2.75, 3.05) is 10.6 Å². The maximum atomic E-state index is 13.2. The van der Waals surface area contributed by atoms with Gasteiger partial charge in [0.2, 0.25) is 0 Å². The molecule has 3 rings (SSSR count). The highest BCUT2D eigenvalue weighted by Gasteiger charge is 2.10. The van der Waals surface area contributed by atoms with Crippen LogP contribution in [0.4, 0.5) is 15.8 Å². The van der Waals surface area contributed by atoms with Crippen LogP contribution < -0.4 is 10.6 Å². The summed E-state index contributed by atoms with van der Waals surface area (Å²) in [4.78, 5) is 28.4. The zero-order valence-electron chi connectivity index (χ0n) is 13.4. The number of hydrogen-bond donors (Lipinski definition) is 2. The molecule has 3 aromatic rings. The van der Waals surface area contributed by atoms with Gasteiger partial charge in [0.05, 0.1) is 10.6 Å². The SMILES string of the molecule is O=C(Nc1cccc(C(=O)Nc2ccc(F)c(Cl)c2)c1)c1cccnc1. The summed E-state index contributed by atoms with van der Waals surface area (Å²) < 4.78 is 13.2. The van der Waals surface area contributed by atoms with Crippen molar-refractivity contribution >= 4 is 34.8 Å². The van der Waals surface area contributed by atoms with Crippen molar-refractivity contribution in [3.8, 4) is 0 Å². The first-order valence-corrected chi connectivity index (χ1v) is 7.98. The van der Waals surface area contributed by atoms with E-state index >= 15 is 0 Å². The Balaban J connectivity index is 1.73. The number of carbonyl (C=O) groups excluding carboxylic acids is 2. The standard InChI is InChI=1S/C19H13ClFN3O2/c20-16-10-15(6-7-17(16)21)24-18(25)12-3-1-5-14(9-12)23-19(26)13-4-2-8-22-11-13/h1-11H,(H,23,26)(H,24,25). The Kier molecular flexibility index (Phi) is 5.24. The van der Waals surface area contributed by atoms with Crippen LogP contribution in [0.3, 0.4) is 0 Å². The number of amides is 2. The Hall–Kier alpha value is -3.25. The minimum absolute atomic E-state index is 0.0831. The van der Waals surface area contributed by atoms with Gasteiger partial charge in [0.15, 0.2) is 0 Å². The van der Waals surface area contributed by atoms with E-state index in [0.29, 0.717) is 22.5 Å². The molecule has 0 bridgehead atoms. The van der Waals surface area contributed by atoms with Crippen molar-refractivity contribution in [3.63, 3.8) is 0 Å². The number of anilines is 2. The molecule has 130 valence electrons. The predicted octanol–water partition coefficient (Wildman–Crippen LogP) is 4.38. The molecule has 0 saturated carbocycles. The molecule has 1 heterocycles. The highest BCUT2D eigenvalue weighted by molar-refractivity contribution is 6.31. The van der Waals surface area contributed by atoms with Crippen LogP contribution >= 0.6 is 11.6 Å². The second-order valence-corrected chi connectivity index (χ2v) is 5.77. The number of hydrogen-bond acceptors (Lipinski definition) is 3. The zero-order valence-corrected chi connectivity index (χ0v) is 14.1. The topological polar surface area (TPSA) is 71.1 Å². The van der Waals surface area contributed by atoms with Gasteiger partial charge in [-0.25, -0.2) is 4.39 Å². The van der Waals surface area contributed by atoms with Crippen molar-refractivity contribution in [2.24, 2.45) is 0 Å². The van der Waals surface area contributed by atoms with Crippen LogP contribution in [0.25, 0.3) is 0 Å². The van der Waals surface area contributed by atoms with E-state index in [-0.39, 0.29) is 10.9 Å². The Bertz CT molecular complexity index is 964. The summed E-state index contributed by atoms with van der Waals surface area (Å²) in [5.74, 6) is -1.31. The van der Waals surface area contributed by atoms with Crippen LogP contribution in [-0.4, -0.2) is 16.8 Å². The summed E-state index contributed by atoms with van der Waals surface area (Å²) >= 11 is 5.71. The fraction of sp³-hybridized carbons (Fsp3) is 0. The van der Waals surface area contributed by atoms with E-state index < -0.39 is 11.7 Å². The van der Waals surface area contributed by atoms with E-state index in [1.807, 2.05) is 0 Å². The van der Waals surface area contributed by atoms with Gasteiger partial charge in [0.1, 0.15) is 5.82 Å². The summed E-state index contributed by atoms with van der Waals surface area (Å²) in [5.41, 5.74) is 1.56. The molecular formula is C19H13ClFN3O2. The third kappa shape index (κ3) is 4.23. The van der Waals surface area contributed by atoms with Crippen molar-refractivity contribution in [3.05, 3.63) is 89.0 Å². The molecule has 0 saturated heterocycles. The molecule has 2 N–H and O–H groups in total. The average molecular weight is 370 g/mol. The quantitative estimate of drug-likeness (QED) is 0.717. The first-order valence-electron chi connectivity index (χ1n) is 7.61. The molecular weight excluding hydrogens is 357 g/mol. The second-order valence-electron chi connectivity index (χ2n) is 5.36. The molecule has 1 aromatic heterocycles. The number of aromatic nitrogens is 1. The van der Waals surface area contributed by atoms with Crippen molar-refractivity contribution in [1.82, 2.24) is 4.98 Å². The Morgan fingerprint density at radius 1 is 0.885 bits per heavy atom. The van der Waals surface area contributed by atoms with Crippen LogP contribution in [0.2, 0.25) is 5.02 Å². The van der Waals surface area contributed by atoms with Gasteiger partial charge in [-0.1, -0.05) is 17.7 Å². The van der Waals surface area contributed by atoms with Crippen molar-refractivity contribution in [1.29, 1.82) is 0 Å². The first kappa shape index (κ1) is 17.6. The molecule has 26 heavy (non-hydrogen) atoms. The maximum absolute atomic E-state index is 13.2. The molecule has 0 aliphatic rings. The van der Waals surface area contributed by atoms with E-state index in [4.69, 9.17) is 11.6 Å². The third-order valence-corrected chi connectivity index (χ3v) is 3.77. The number of pyridine rings is 1. The lowest BCUT2D eigenvalue weighted by Gasteiger charge is -2.09. The van der Waals surface area contributed by atoms with Gasteiger partial charge in [0, 0.05) is 29.3 Å². The van der Waals surface area contributed by atoms with Crippen LogP contribution in [0.15, 0.2) is 67.0 Å². The van der Waals surface area contributed by atoms with Gasteiger partial charge in [-0.05, 0) is 48.5 Å². The molecule has 0 spiro atoms. The van der Waals surface area contributed by atoms with Crippen LogP contribution in [0, 0.1) is 5.82 Å². The molecule has 0 fully saturated rings. The molecule has 0 unspecified atom stereocenters. The number of rotatable bonds is 4. The minimum atomic E-state index is -0.565. The number of nitrogens with one attached hydrogen (secondary N) is 2. The highest BCUT2D eigenvalue weighted by atomic mass is 35.5. The lowest BCUT2D eigenvalue weighted by Crippen LogP contribution is -2.14. The van der Waals surface area contributed by atoms with Gasteiger partial charge in [-0.3, -0.25) is 14.6 Å². The molecule has 0 atom stereocenters. The fourth-order valence-corrected chi connectivity index (χ4v) is 2.40. The van der Waals surface area contributed by atoms with Gasteiger partial charge in [-0.15, -0.1) is 0 Å². The highest BCUT2D eigenvalue weighted by Crippen LogP contribution is 2.20. The van der Waals surface area contributed by atoms with E-state index in [0.717, 1.165) is 0 Å². The van der Waals surface area contributed by atoms with E-state index in [2.05, 4.69) is 15.6 Å². The lowest BCUT2D eigenvalue weighted by molar-refractivity contribution is 0.101. The number of halogens is 2. The minimum Gasteiger partial charge on any atom is -0.322 e. The first-order chi connectivity index (χ1) is 12.5. The molecule has 5 nitrogen and oxygen atoms in total. The Morgan fingerprint density at radius 3 is 2.27 bits per heavy atom. The average Bonchev–Trinajstić information content (AvgIpc) is 2.65. The molecule has 0 aliphatic carbocycles. The van der Waals surface area contributed by atoms with Crippen LogP contribution in [0.1, 0.15) is 20.7 Å². The summed E-state index contributed by atoms with van der Waals surface area (Å²) in [6.45, 7) is 0. The maximum Gasteiger partial charge on any atom is 0.257 e. The Morgan fingerprint density at radius 2 is 1.58 bits per heavy atom. The molecule has 0 radical (unpaired) electrons. The second kappa shape index (κ2) is 7.76. The van der Waals surface area contributed by atoms with Crippen LogP contribution in [0.5, 0.6) is 0 Å². The number of carbonyl (C=O) groups is 2. The van der Waals surface area contributed by atoms with Gasteiger partial charge in [0.25, 0.3) is 11.8 Å². The molecule has 2 amide bonds. The zero-order chi connectivity index (χ0) is 18.5. The van der Waals surface area contributed by atoms with Gasteiger partial charge in [-0.2, -0.15) is 0 Å². The summed E-state index contributed by atoms with van der Waals surface area (Å²) in [6.07, 6.45) is 3.02. The Labute approximate surface area is 153 Å². The number of nitrogens with zero attached hydrogens (tertiary/aromatic N) is 1. The smallest absolute Gasteiger partial charge is 0.257 e. The molecule has 0 aliphatic heterocycles.